The van der Waals surface area contributed by atoms with Gasteiger partial charge in [0.05, 0.1) is 0 Å². The first-order valence-electron chi connectivity index (χ1n) is 5.99. The lowest BCUT2D eigenvalue weighted by Gasteiger charge is -2.08. The number of aryl methyl sites for hydroxylation is 1. The molecular weight excluding hydrogens is 351 g/mol. The molecule has 0 spiro atoms. The summed E-state index contributed by atoms with van der Waals surface area (Å²) in [6.45, 7) is 2.56. The van der Waals surface area contributed by atoms with Crippen molar-refractivity contribution >= 4 is 34.3 Å². The van der Waals surface area contributed by atoms with Gasteiger partial charge < -0.3 is 10.6 Å². The number of hydrogen-bond acceptors (Lipinski definition) is 1. The van der Waals surface area contributed by atoms with E-state index in [4.69, 9.17) is 0 Å². The van der Waals surface area contributed by atoms with Crippen LogP contribution < -0.4 is 10.6 Å². The summed E-state index contributed by atoms with van der Waals surface area (Å²) in [6, 6.07) is 15.6. The summed E-state index contributed by atoms with van der Waals surface area (Å²) in [6.07, 6.45) is 0. The number of rotatable bonds is 3. The third-order valence-electron chi connectivity index (χ3n) is 2.64. The molecule has 2 aromatic rings. The number of amides is 2. The fourth-order valence-electron chi connectivity index (χ4n) is 1.71. The topological polar surface area (TPSA) is 41.1 Å². The Morgan fingerprint density at radius 3 is 2.58 bits per heavy atom. The number of anilines is 1. The second kappa shape index (κ2) is 6.56. The van der Waals surface area contributed by atoms with Crippen LogP contribution in [0.3, 0.4) is 0 Å². The summed E-state index contributed by atoms with van der Waals surface area (Å²) >= 11 is 2.23. The highest BCUT2D eigenvalue weighted by Gasteiger charge is 2.01. The molecule has 0 aromatic heterocycles. The fourth-order valence-corrected chi connectivity index (χ4v) is 2.07. The first-order valence-corrected chi connectivity index (χ1v) is 7.07. The molecule has 0 aliphatic heterocycles. The van der Waals surface area contributed by atoms with Crippen LogP contribution in [-0.2, 0) is 6.54 Å². The van der Waals surface area contributed by atoms with Gasteiger partial charge in [0.15, 0.2) is 0 Å². The molecule has 0 heterocycles. The quantitative estimate of drug-likeness (QED) is 0.795. The maximum absolute atomic E-state index is 11.7. The molecule has 4 heteroatoms. The zero-order valence-corrected chi connectivity index (χ0v) is 12.8. The van der Waals surface area contributed by atoms with Gasteiger partial charge in [-0.1, -0.05) is 29.8 Å². The van der Waals surface area contributed by atoms with Crippen LogP contribution in [0.1, 0.15) is 11.1 Å². The van der Waals surface area contributed by atoms with Gasteiger partial charge in [-0.3, -0.25) is 0 Å². The van der Waals surface area contributed by atoms with Crippen molar-refractivity contribution in [2.75, 3.05) is 5.32 Å². The number of halogens is 1. The van der Waals surface area contributed by atoms with Gasteiger partial charge in [-0.2, -0.15) is 0 Å². The third kappa shape index (κ3) is 4.55. The largest absolute Gasteiger partial charge is 0.334 e. The fraction of sp³-hybridized carbons (Fsp3) is 0.133. The van der Waals surface area contributed by atoms with Crippen LogP contribution in [0.25, 0.3) is 0 Å². The second-order valence-electron chi connectivity index (χ2n) is 4.30. The van der Waals surface area contributed by atoms with E-state index in [0.29, 0.717) is 6.54 Å². The van der Waals surface area contributed by atoms with Crippen LogP contribution in [0.15, 0.2) is 48.5 Å². The van der Waals surface area contributed by atoms with E-state index in [1.54, 1.807) is 0 Å². The highest BCUT2D eigenvalue weighted by Crippen LogP contribution is 2.11. The first kappa shape index (κ1) is 13.9. The van der Waals surface area contributed by atoms with Gasteiger partial charge in [0.1, 0.15) is 0 Å². The Morgan fingerprint density at radius 1 is 1.16 bits per heavy atom. The third-order valence-corrected chi connectivity index (χ3v) is 3.36. The summed E-state index contributed by atoms with van der Waals surface area (Å²) < 4.78 is 1.14. The predicted octanol–water partition coefficient (Wildman–Crippen LogP) is 3.92. The molecule has 2 amide bonds. The van der Waals surface area contributed by atoms with Crippen LogP contribution in [0.2, 0.25) is 0 Å². The van der Waals surface area contributed by atoms with Crippen LogP contribution >= 0.6 is 22.6 Å². The van der Waals surface area contributed by atoms with Crippen LogP contribution in [0.4, 0.5) is 10.5 Å². The Bertz CT molecular complexity index is 567. The number of benzene rings is 2. The van der Waals surface area contributed by atoms with Crippen molar-refractivity contribution in [1.29, 1.82) is 0 Å². The molecule has 19 heavy (non-hydrogen) atoms. The normalized spacial score (nSPS) is 10.0. The van der Waals surface area contributed by atoms with Crippen molar-refractivity contribution in [1.82, 2.24) is 5.32 Å². The zero-order valence-electron chi connectivity index (χ0n) is 10.6. The lowest BCUT2D eigenvalue weighted by atomic mass is 10.1. The summed E-state index contributed by atoms with van der Waals surface area (Å²) in [5.41, 5.74) is 3.08. The van der Waals surface area contributed by atoms with Gasteiger partial charge in [0.25, 0.3) is 0 Å². The molecule has 98 valence electrons. The van der Waals surface area contributed by atoms with E-state index in [2.05, 4.69) is 39.3 Å². The van der Waals surface area contributed by atoms with Crippen LogP contribution in [0, 0.1) is 10.5 Å². The summed E-state index contributed by atoms with van der Waals surface area (Å²) in [5.74, 6) is 0. The highest BCUT2D eigenvalue weighted by atomic mass is 127. The molecule has 0 bridgehead atoms. The van der Waals surface area contributed by atoms with Gasteiger partial charge in [0, 0.05) is 15.8 Å². The molecule has 0 atom stereocenters. The Kier molecular flexibility index (Phi) is 4.79. The molecule has 0 saturated carbocycles. The highest BCUT2D eigenvalue weighted by molar-refractivity contribution is 14.1. The molecule has 0 unspecified atom stereocenters. The standard InChI is InChI=1S/C15H15IN2O/c1-11-3-2-4-12(9-11)10-17-15(19)18-14-7-5-13(16)6-8-14/h2-9H,10H2,1H3,(H2,17,18,19). The van der Waals surface area contributed by atoms with Crippen LogP contribution in [-0.4, -0.2) is 6.03 Å². The smallest absolute Gasteiger partial charge is 0.319 e. The Balaban J connectivity index is 1.86. The lowest BCUT2D eigenvalue weighted by molar-refractivity contribution is 0.251. The molecule has 0 aliphatic rings. The SMILES string of the molecule is Cc1cccc(CNC(=O)Nc2ccc(I)cc2)c1. The van der Waals surface area contributed by atoms with Crippen molar-refractivity contribution < 1.29 is 4.79 Å². The van der Waals surface area contributed by atoms with Gasteiger partial charge in [-0.05, 0) is 59.3 Å². The van der Waals surface area contributed by atoms with E-state index in [0.717, 1.165) is 14.8 Å². The number of carbonyl (C=O) groups is 1. The van der Waals surface area contributed by atoms with Crippen LogP contribution in [0.5, 0.6) is 0 Å². The molecular formula is C15H15IN2O. The Hall–Kier alpha value is -1.56. The van der Waals surface area contributed by atoms with Crippen molar-refractivity contribution in [3.05, 3.63) is 63.2 Å². The van der Waals surface area contributed by atoms with Gasteiger partial charge in [-0.15, -0.1) is 0 Å². The van der Waals surface area contributed by atoms with E-state index in [9.17, 15) is 4.79 Å². The van der Waals surface area contributed by atoms with Crippen molar-refractivity contribution in [3.63, 3.8) is 0 Å². The summed E-state index contributed by atoms with van der Waals surface area (Å²) in [5, 5.41) is 5.64. The van der Waals surface area contributed by atoms with Gasteiger partial charge >= 0.3 is 6.03 Å². The monoisotopic (exact) mass is 366 g/mol. The Morgan fingerprint density at radius 2 is 1.89 bits per heavy atom. The molecule has 0 fully saturated rings. The minimum Gasteiger partial charge on any atom is -0.334 e. The van der Waals surface area contributed by atoms with Crippen molar-refractivity contribution in [3.8, 4) is 0 Å². The molecule has 0 radical (unpaired) electrons. The van der Waals surface area contributed by atoms with E-state index in [-0.39, 0.29) is 6.03 Å². The molecule has 0 saturated heterocycles. The average molecular weight is 366 g/mol. The summed E-state index contributed by atoms with van der Waals surface area (Å²) in [7, 11) is 0. The van der Waals surface area contributed by atoms with Gasteiger partial charge in [0.2, 0.25) is 0 Å². The Labute approximate surface area is 126 Å². The predicted molar refractivity (Wildman–Crippen MR) is 86.2 cm³/mol. The molecule has 0 aliphatic carbocycles. The number of urea groups is 1. The maximum atomic E-state index is 11.7. The van der Waals surface area contributed by atoms with E-state index >= 15 is 0 Å². The maximum Gasteiger partial charge on any atom is 0.319 e. The molecule has 2 rings (SSSR count). The first-order chi connectivity index (χ1) is 9.13. The lowest BCUT2D eigenvalue weighted by Crippen LogP contribution is -2.28. The number of hydrogen-bond donors (Lipinski definition) is 2. The number of nitrogens with one attached hydrogen (secondary N) is 2. The zero-order chi connectivity index (χ0) is 13.7. The average Bonchev–Trinajstić information content (AvgIpc) is 2.39. The van der Waals surface area contributed by atoms with Crippen molar-refractivity contribution in [2.45, 2.75) is 13.5 Å². The van der Waals surface area contributed by atoms with E-state index < -0.39 is 0 Å². The minimum atomic E-state index is -0.192. The van der Waals surface area contributed by atoms with E-state index in [1.165, 1.54) is 5.56 Å². The van der Waals surface area contributed by atoms with Crippen molar-refractivity contribution in [2.24, 2.45) is 0 Å². The minimum absolute atomic E-state index is 0.192. The molecule has 3 nitrogen and oxygen atoms in total. The second-order valence-corrected chi connectivity index (χ2v) is 5.55. The van der Waals surface area contributed by atoms with Gasteiger partial charge in [-0.25, -0.2) is 4.79 Å². The number of carbonyl (C=O) groups excluding carboxylic acids is 1. The summed E-state index contributed by atoms with van der Waals surface area (Å²) in [4.78, 5) is 11.7. The molecule has 2 aromatic carbocycles. The molecule has 2 N–H and O–H groups in total. The van der Waals surface area contributed by atoms with E-state index in [1.807, 2.05) is 49.4 Å².